The molecule has 1 aromatic carbocycles. The van der Waals surface area contributed by atoms with Crippen LogP contribution >= 0.6 is 0 Å². The van der Waals surface area contributed by atoms with Crippen molar-refractivity contribution in [2.45, 2.75) is 44.7 Å². The molecule has 4 rings (SSSR count). The standard InChI is InChI=1S/C18H25N5O/c1-11-4-3-5-13-17(11)20-16(19-13)8-9-23(2)18(24)15-10-14(21-22-15)12-6-7-12/h3-5,12,14-15,21-22H,6-10H2,1-2H3,(H,19,20). The minimum Gasteiger partial charge on any atom is -0.344 e. The van der Waals surface area contributed by atoms with Crippen LogP contribution in [0.3, 0.4) is 0 Å². The number of para-hydroxylation sites is 1. The van der Waals surface area contributed by atoms with Crippen LogP contribution in [0.1, 0.15) is 30.7 Å². The van der Waals surface area contributed by atoms with E-state index < -0.39 is 0 Å². The van der Waals surface area contributed by atoms with Crippen LogP contribution in [-0.2, 0) is 11.2 Å². The zero-order valence-electron chi connectivity index (χ0n) is 14.3. The fourth-order valence-corrected chi connectivity index (χ4v) is 3.55. The summed E-state index contributed by atoms with van der Waals surface area (Å²) in [6, 6.07) is 6.51. The second-order valence-corrected chi connectivity index (χ2v) is 7.19. The number of nitrogens with zero attached hydrogens (tertiary/aromatic N) is 2. The van der Waals surface area contributed by atoms with Crippen LogP contribution in [-0.4, -0.2) is 46.5 Å². The maximum atomic E-state index is 12.6. The van der Waals surface area contributed by atoms with Crippen molar-refractivity contribution in [3.05, 3.63) is 29.6 Å². The molecular weight excluding hydrogens is 302 g/mol. The first-order valence-corrected chi connectivity index (χ1v) is 8.82. The molecule has 2 aromatic rings. The van der Waals surface area contributed by atoms with E-state index in [2.05, 4.69) is 33.8 Å². The van der Waals surface area contributed by atoms with Crippen LogP contribution in [0.25, 0.3) is 11.0 Å². The molecular formula is C18H25N5O. The summed E-state index contributed by atoms with van der Waals surface area (Å²) in [5, 5.41) is 0. The van der Waals surface area contributed by atoms with Crippen molar-refractivity contribution >= 4 is 16.9 Å². The van der Waals surface area contributed by atoms with E-state index in [1.165, 1.54) is 18.4 Å². The average Bonchev–Trinajstić information content (AvgIpc) is 3.15. The lowest BCUT2D eigenvalue weighted by atomic mass is 10.1. The minimum atomic E-state index is -0.0986. The number of aromatic amines is 1. The summed E-state index contributed by atoms with van der Waals surface area (Å²) in [6.07, 6.45) is 4.23. The molecule has 2 fully saturated rings. The van der Waals surface area contributed by atoms with Crippen molar-refractivity contribution in [2.24, 2.45) is 5.92 Å². The van der Waals surface area contributed by atoms with Gasteiger partial charge in [0.15, 0.2) is 0 Å². The predicted octanol–water partition coefficient (Wildman–Crippen LogP) is 1.52. The Morgan fingerprint density at radius 2 is 2.17 bits per heavy atom. The Morgan fingerprint density at radius 1 is 1.33 bits per heavy atom. The van der Waals surface area contributed by atoms with E-state index in [1.54, 1.807) is 0 Å². The number of hydrazine groups is 1. The molecule has 128 valence electrons. The van der Waals surface area contributed by atoms with Crippen molar-refractivity contribution in [3.8, 4) is 0 Å². The molecule has 2 atom stereocenters. The van der Waals surface area contributed by atoms with Crippen LogP contribution in [0.4, 0.5) is 0 Å². The van der Waals surface area contributed by atoms with Crippen LogP contribution in [0.15, 0.2) is 18.2 Å². The second kappa shape index (κ2) is 6.18. The zero-order chi connectivity index (χ0) is 16.7. The van der Waals surface area contributed by atoms with Gasteiger partial charge in [-0.3, -0.25) is 10.2 Å². The summed E-state index contributed by atoms with van der Waals surface area (Å²) in [5.41, 5.74) is 9.72. The van der Waals surface area contributed by atoms with Gasteiger partial charge in [-0.2, -0.15) is 0 Å². The fourth-order valence-electron chi connectivity index (χ4n) is 3.55. The number of aromatic nitrogens is 2. The predicted molar refractivity (Wildman–Crippen MR) is 93.4 cm³/mol. The number of amides is 1. The van der Waals surface area contributed by atoms with Crippen LogP contribution < -0.4 is 10.9 Å². The van der Waals surface area contributed by atoms with Gasteiger partial charge < -0.3 is 9.88 Å². The minimum absolute atomic E-state index is 0.0986. The fraction of sp³-hybridized carbons (Fsp3) is 0.556. The van der Waals surface area contributed by atoms with Gasteiger partial charge in [0.2, 0.25) is 5.91 Å². The molecule has 1 saturated heterocycles. The van der Waals surface area contributed by atoms with Gasteiger partial charge in [-0.25, -0.2) is 10.4 Å². The lowest BCUT2D eigenvalue weighted by Gasteiger charge is -2.20. The molecule has 1 saturated carbocycles. The molecule has 0 radical (unpaired) electrons. The van der Waals surface area contributed by atoms with Crippen molar-refractivity contribution in [2.75, 3.05) is 13.6 Å². The number of fused-ring (bicyclic) bond motifs is 1. The molecule has 2 unspecified atom stereocenters. The number of benzene rings is 1. The molecule has 6 nitrogen and oxygen atoms in total. The molecule has 24 heavy (non-hydrogen) atoms. The van der Waals surface area contributed by atoms with Gasteiger partial charge in [-0.15, -0.1) is 0 Å². The summed E-state index contributed by atoms with van der Waals surface area (Å²) >= 11 is 0. The zero-order valence-corrected chi connectivity index (χ0v) is 14.3. The number of nitrogens with one attached hydrogen (secondary N) is 3. The summed E-state index contributed by atoms with van der Waals surface area (Å²) in [7, 11) is 1.88. The van der Waals surface area contributed by atoms with Gasteiger partial charge >= 0.3 is 0 Å². The Balaban J connectivity index is 1.34. The monoisotopic (exact) mass is 327 g/mol. The van der Waals surface area contributed by atoms with Crippen LogP contribution in [0.2, 0.25) is 0 Å². The number of carbonyl (C=O) groups excluding carboxylic acids is 1. The van der Waals surface area contributed by atoms with Gasteiger partial charge in [0.05, 0.1) is 11.0 Å². The first-order chi connectivity index (χ1) is 11.6. The van der Waals surface area contributed by atoms with Gasteiger partial charge in [-0.1, -0.05) is 12.1 Å². The molecule has 1 aliphatic heterocycles. The normalized spacial score (nSPS) is 23.8. The third kappa shape index (κ3) is 3.03. The highest BCUT2D eigenvalue weighted by molar-refractivity contribution is 5.82. The Hall–Kier alpha value is -1.92. The maximum absolute atomic E-state index is 12.6. The Bertz CT molecular complexity index is 751. The van der Waals surface area contributed by atoms with Gasteiger partial charge in [-0.05, 0) is 43.7 Å². The number of H-pyrrole nitrogens is 1. The Labute approximate surface area is 142 Å². The van der Waals surface area contributed by atoms with E-state index in [0.29, 0.717) is 12.6 Å². The van der Waals surface area contributed by atoms with Gasteiger partial charge in [0.1, 0.15) is 11.9 Å². The third-order valence-electron chi connectivity index (χ3n) is 5.25. The number of carbonyl (C=O) groups is 1. The smallest absolute Gasteiger partial charge is 0.240 e. The van der Waals surface area contributed by atoms with Crippen molar-refractivity contribution < 1.29 is 4.79 Å². The average molecular weight is 327 g/mol. The summed E-state index contributed by atoms with van der Waals surface area (Å²) in [6.45, 7) is 2.74. The summed E-state index contributed by atoms with van der Waals surface area (Å²) in [4.78, 5) is 22.4. The molecule has 1 aromatic heterocycles. The van der Waals surface area contributed by atoms with Crippen molar-refractivity contribution in [1.82, 2.24) is 25.7 Å². The quantitative estimate of drug-likeness (QED) is 0.778. The van der Waals surface area contributed by atoms with Crippen LogP contribution in [0, 0.1) is 12.8 Å². The number of imidazole rings is 1. The molecule has 1 amide bonds. The molecule has 3 N–H and O–H groups in total. The Kier molecular flexibility index (Phi) is 4.02. The van der Waals surface area contributed by atoms with Gasteiger partial charge in [0.25, 0.3) is 0 Å². The molecule has 0 bridgehead atoms. The number of rotatable bonds is 5. The van der Waals surface area contributed by atoms with E-state index in [1.807, 2.05) is 24.1 Å². The third-order valence-corrected chi connectivity index (χ3v) is 5.25. The SMILES string of the molecule is Cc1cccc2[nH]c(CCN(C)C(=O)C3CC(C4CC4)NN3)nc12. The van der Waals surface area contributed by atoms with E-state index in [-0.39, 0.29) is 11.9 Å². The highest BCUT2D eigenvalue weighted by Gasteiger charge is 2.39. The Morgan fingerprint density at radius 3 is 2.92 bits per heavy atom. The van der Waals surface area contributed by atoms with Crippen LogP contribution in [0.5, 0.6) is 0 Å². The topological polar surface area (TPSA) is 73.1 Å². The van der Waals surface area contributed by atoms with E-state index in [9.17, 15) is 4.79 Å². The second-order valence-electron chi connectivity index (χ2n) is 7.19. The largest absolute Gasteiger partial charge is 0.344 e. The highest BCUT2D eigenvalue weighted by atomic mass is 16.2. The number of aryl methyl sites for hydroxylation is 1. The van der Waals surface area contributed by atoms with Gasteiger partial charge in [0, 0.05) is 26.1 Å². The van der Waals surface area contributed by atoms with E-state index >= 15 is 0 Å². The summed E-state index contributed by atoms with van der Waals surface area (Å²) < 4.78 is 0. The molecule has 6 heteroatoms. The lowest BCUT2D eigenvalue weighted by molar-refractivity contribution is -0.131. The first-order valence-electron chi connectivity index (χ1n) is 8.82. The number of likely N-dealkylation sites (N-methyl/N-ethyl adjacent to an activating group) is 1. The maximum Gasteiger partial charge on any atom is 0.240 e. The molecule has 2 aliphatic rings. The molecule has 1 aliphatic carbocycles. The van der Waals surface area contributed by atoms with Crippen molar-refractivity contribution in [3.63, 3.8) is 0 Å². The van der Waals surface area contributed by atoms with E-state index in [0.717, 1.165) is 35.6 Å². The highest BCUT2D eigenvalue weighted by Crippen LogP contribution is 2.35. The van der Waals surface area contributed by atoms with E-state index in [4.69, 9.17) is 0 Å². The summed E-state index contributed by atoms with van der Waals surface area (Å²) in [5.74, 6) is 1.87. The first kappa shape index (κ1) is 15.6. The lowest BCUT2D eigenvalue weighted by Crippen LogP contribution is -2.44. The number of hydrogen-bond acceptors (Lipinski definition) is 4. The molecule has 0 spiro atoms. The number of hydrogen-bond donors (Lipinski definition) is 3. The molecule has 2 heterocycles. The van der Waals surface area contributed by atoms with Crippen molar-refractivity contribution in [1.29, 1.82) is 0 Å².